The first-order valence-electron chi connectivity index (χ1n) is 10.6. The Morgan fingerprint density at radius 1 is 1.14 bits per heavy atom. The molecule has 3 rings (SSSR count). The third-order valence-electron chi connectivity index (χ3n) is 5.85. The van der Waals surface area contributed by atoms with Gasteiger partial charge in [-0.1, -0.05) is 37.3 Å². The number of halogens is 1. The van der Waals surface area contributed by atoms with Gasteiger partial charge in [-0.2, -0.15) is 4.31 Å². The number of ether oxygens (including phenoxy) is 1. The third kappa shape index (κ3) is 5.64. The predicted molar refractivity (Wildman–Crippen MR) is 114 cm³/mol. The van der Waals surface area contributed by atoms with Crippen LogP contribution in [-0.4, -0.2) is 44.4 Å². The van der Waals surface area contributed by atoms with Crippen molar-refractivity contribution in [2.24, 2.45) is 5.92 Å². The van der Waals surface area contributed by atoms with Crippen molar-refractivity contribution in [3.8, 4) is 5.75 Å². The fraction of sp³-hybridized carbons (Fsp3) is 0.667. The average Bonchev–Trinajstić information content (AvgIpc) is 2.98. The fourth-order valence-electron chi connectivity index (χ4n) is 4.20. The lowest BCUT2D eigenvalue weighted by Crippen LogP contribution is -2.45. The summed E-state index contributed by atoms with van der Waals surface area (Å²) < 4.78 is 33.2. The second-order valence-corrected chi connectivity index (χ2v) is 10.2. The lowest BCUT2D eigenvalue weighted by atomic mass is 9.96. The zero-order chi connectivity index (χ0) is 20.9. The van der Waals surface area contributed by atoms with Crippen molar-refractivity contribution < 1.29 is 17.9 Å². The van der Waals surface area contributed by atoms with Crippen molar-refractivity contribution in [1.29, 1.82) is 0 Å². The van der Waals surface area contributed by atoms with Gasteiger partial charge < -0.3 is 10.1 Å². The minimum atomic E-state index is -3.73. The molecular weight excluding hydrogens is 412 g/mol. The molecule has 1 aliphatic carbocycles. The number of amides is 1. The first-order chi connectivity index (χ1) is 13.9. The van der Waals surface area contributed by atoms with Gasteiger partial charge in [0, 0.05) is 30.1 Å². The highest BCUT2D eigenvalue weighted by molar-refractivity contribution is 7.89. The molecule has 1 saturated heterocycles. The Morgan fingerprint density at radius 3 is 2.41 bits per heavy atom. The zero-order valence-corrected chi connectivity index (χ0v) is 18.6. The number of rotatable bonds is 6. The highest BCUT2D eigenvalue weighted by Gasteiger charge is 2.34. The van der Waals surface area contributed by atoms with Crippen LogP contribution in [0.15, 0.2) is 23.1 Å². The molecule has 1 heterocycles. The summed E-state index contributed by atoms with van der Waals surface area (Å²) in [5.41, 5.74) is 0. The Balaban J connectivity index is 1.62. The molecule has 6 nitrogen and oxygen atoms in total. The van der Waals surface area contributed by atoms with Gasteiger partial charge in [-0.15, -0.1) is 0 Å². The summed E-state index contributed by atoms with van der Waals surface area (Å²) in [6.45, 7) is 2.82. The van der Waals surface area contributed by atoms with Crippen LogP contribution in [0.1, 0.15) is 58.3 Å². The number of benzene rings is 1. The minimum absolute atomic E-state index is 0.0757. The van der Waals surface area contributed by atoms with Gasteiger partial charge in [0.25, 0.3) is 0 Å². The molecule has 0 spiro atoms. The van der Waals surface area contributed by atoms with E-state index in [1.54, 1.807) is 12.1 Å². The molecule has 1 aromatic rings. The summed E-state index contributed by atoms with van der Waals surface area (Å²) in [6.07, 6.45) is 7.99. The summed E-state index contributed by atoms with van der Waals surface area (Å²) in [4.78, 5) is 12.8. The summed E-state index contributed by atoms with van der Waals surface area (Å²) >= 11 is 6.04. The van der Waals surface area contributed by atoms with Gasteiger partial charge in [0.2, 0.25) is 15.9 Å². The van der Waals surface area contributed by atoms with Crippen LogP contribution < -0.4 is 10.1 Å². The van der Waals surface area contributed by atoms with E-state index in [4.69, 9.17) is 16.3 Å². The van der Waals surface area contributed by atoms with E-state index < -0.39 is 10.0 Å². The van der Waals surface area contributed by atoms with Crippen LogP contribution >= 0.6 is 11.6 Å². The maximum absolute atomic E-state index is 13.2. The molecule has 1 aromatic carbocycles. The molecule has 29 heavy (non-hydrogen) atoms. The standard InChI is InChI=1S/C21H31ClN2O4S/c1-2-28-19-10-9-17(22)15-20(19)29(26,27)24-13-11-16(12-14-24)21(25)23-18-7-5-3-4-6-8-18/h9-10,15-16,18H,2-8,11-14H2,1H3,(H,23,25). The van der Waals surface area contributed by atoms with E-state index in [2.05, 4.69) is 5.32 Å². The van der Waals surface area contributed by atoms with Crippen molar-refractivity contribution in [3.05, 3.63) is 23.2 Å². The van der Waals surface area contributed by atoms with Crippen molar-refractivity contribution in [3.63, 3.8) is 0 Å². The van der Waals surface area contributed by atoms with Crippen molar-refractivity contribution in [1.82, 2.24) is 9.62 Å². The second-order valence-electron chi connectivity index (χ2n) is 7.90. The largest absolute Gasteiger partial charge is 0.492 e. The number of carbonyl (C=O) groups is 1. The monoisotopic (exact) mass is 442 g/mol. The summed E-state index contributed by atoms with van der Waals surface area (Å²) in [5, 5.41) is 3.55. The van der Waals surface area contributed by atoms with Gasteiger partial charge in [-0.25, -0.2) is 8.42 Å². The molecule has 2 aliphatic rings. The number of sulfonamides is 1. The quantitative estimate of drug-likeness (QED) is 0.676. The zero-order valence-electron chi connectivity index (χ0n) is 17.0. The lowest BCUT2D eigenvalue weighted by molar-refractivity contribution is -0.126. The fourth-order valence-corrected chi connectivity index (χ4v) is 6.06. The number of nitrogens with zero attached hydrogens (tertiary/aromatic N) is 1. The Hall–Kier alpha value is -1.31. The SMILES string of the molecule is CCOc1ccc(Cl)cc1S(=O)(=O)N1CCC(C(=O)NC2CCCCCC2)CC1. The van der Waals surface area contributed by atoms with E-state index in [9.17, 15) is 13.2 Å². The Kier molecular flexibility index (Phi) is 7.82. The van der Waals surface area contributed by atoms with Gasteiger partial charge in [0.1, 0.15) is 10.6 Å². The Labute approximate surface area is 179 Å². The molecular formula is C21H31ClN2O4S. The molecule has 0 aromatic heterocycles. The number of nitrogens with one attached hydrogen (secondary N) is 1. The molecule has 162 valence electrons. The third-order valence-corrected chi connectivity index (χ3v) is 8.00. The molecule has 0 unspecified atom stereocenters. The van der Waals surface area contributed by atoms with Gasteiger partial charge in [0.05, 0.1) is 6.61 Å². The van der Waals surface area contributed by atoms with Gasteiger partial charge in [0.15, 0.2) is 0 Å². The maximum Gasteiger partial charge on any atom is 0.246 e. The van der Waals surface area contributed by atoms with Crippen LogP contribution in [0.2, 0.25) is 5.02 Å². The molecule has 1 N–H and O–H groups in total. The Morgan fingerprint density at radius 2 is 1.79 bits per heavy atom. The van der Waals surface area contributed by atoms with Crippen molar-refractivity contribution >= 4 is 27.5 Å². The normalized spacial score (nSPS) is 20.2. The first kappa shape index (κ1) is 22.4. The summed E-state index contributed by atoms with van der Waals surface area (Å²) in [5.74, 6) is 0.257. The van der Waals surface area contributed by atoms with Crippen LogP contribution in [0.4, 0.5) is 0 Å². The molecule has 8 heteroatoms. The van der Waals surface area contributed by atoms with Crippen molar-refractivity contribution in [2.75, 3.05) is 19.7 Å². The molecule has 1 amide bonds. The smallest absolute Gasteiger partial charge is 0.246 e. The van der Waals surface area contributed by atoms with Crippen LogP contribution in [-0.2, 0) is 14.8 Å². The van der Waals surface area contributed by atoms with E-state index in [1.807, 2.05) is 6.92 Å². The number of hydrogen-bond acceptors (Lipinski definition) is 4. The van der Waals surface area contributed by atoms with Crippen molar-refractivity contribution in [2.45, 2.75) is 69.2 Å². The predicted octanol–water partition coefficient (Wildman–Crippen LogP) is 3.98. The van der Waals surface area contributed by atoms with E-state index >= 15 is 0 Å². The van der Waals surface area contributed by atoms with Gasteiger partial charge in [-0.05, 0) is 50.8 Å². The van der Waals surface area contributed by atoms with Crippen LogP contribution in [0.3, 0.4) is 0 Å². The lowest BCUT2D eigenvalue weighted by Gasteiger charge is -2.31. The van der Waals surface area contributed by atoms with Crippen LogP contribution in [0, 0.1) is 5.92 Å². The minimum Gasteiger partial charge on any atom is -0.492 e. The van der Waals surface area contributed by atoms with Gasteiger partial charge >= 0.3 is 0 Å². The summed E-state index contributed by atoms with van der Waals surface area (Å²) in [7, 11) is -3.73. The molecule has 0 bridgehead atoms. The van der Waals surface area contributed by atoms with Crippen LogP contribution in [0.25, 0.3) is 0 Å². The van der Waals surface area contributed by atoms with E-state index in [-0.39, 0.29) is 22.8 Å². The maximum atomic E-state index is 13.2. The average molecular weight is 443 g/mol. The van der Waals surface area contributed by atoms with E-state index in [0.717, 1.165) is 12.8 Å². The number of hydrogen-bond donors (Lipinski definition) is 1. The van der Waals surface area contributed by atoms with E-state index in [0.29, 0.717) is 43.3 Å². The van der Waals surface area contributed by atoms with Crippen LogP contribution in [0.5, 0.6) is 5.75 Å². The number of carbonyl (C=O) groups excluding carboxylic acids is 1. The second kappa shape index (κ2) is 10.1. The molecule has 2 fully saturated rings. The van der Waals surface area contributed by atoms with E-state index in [1.165, 1.54) is 36.1 Å². The molecule has 1 saturated carbocycles. The topological polar surface area (TPSA) is 75.7 Å². The Bertz CT molecular complexity index is 799. The molecule has 0 radical (unpaired) electrons. The highest BCUT2D eigenvalue weighted by atomic mass is 35.5. The summed E-state index contributed by atoms with van der Waals surface area (Å²) in [6, 6.07) is 4.92. The highest BCUT2D eigenvalue weighted by Crippen LogP contribution is 2.32. The molecule has 0 atom stereocenters. The first-order valence-corrected chi connectivity index (χ1v) is 12.5. The molecule has 1 aliphatic heterocycles. The van der Waals surface area contributed by atoms with Gasteiger partial charge in [-0.3, -0.25) is 4.79 Å². The number of piperidine rings is 1.